The van der Waals surface area contributed by atoms with E-state index in [0.717, 1.165) is 18.7 Å². The number of hydrogen-bond acceptors (Lipinski definition) is 3. The van der Waals surface area contributed by atoms with Crippen LogP contribution in [0.25, 0.3) is 0 Å². The van der Waals surface area contributed by atoms with Crippen LogP contribution in [-0.2, 0) is 22.6 Å². The Balaban J connectivity index is 1.66. The second kappa shape index (κ2) is 7.72. The van der Waals surface area contributed by atoms with Gasteiger partial charge in [0.2, 0.25) is 11.8 Å². The summed E-state index contributed by atoms with van der Waals surface area (Å²) in [6.45, 7) is 7.45. The van der Waals surface area contributed by atoms with E-state index in [9.17, 15) is 9.59 Å². The molecule has 2 amide bonds. The highest BCUT2D eigenvalue weighted by molar-refractivity contribution is 6.03. The van der Waals surface area contributed by atoms with Crippen molar-refractivity contribution in [3.05, 3.63) is 42.1 Å². The zero-order chi connectivity index (χ0) is 18.7. The first-order valence-corrected chi connectivity index (χ1v) is 9.20. The van der Waals surface area contributed by atoms with Crippen LogP contribution < -0.4 is 10.2 Å². The first kappa shape index (κ1) is 18.2. The quantitative estimate of drug-likeness (QED) is 0.867. The normalized spacial score (nSPS) is 17.2. The number of nitrogens with one attached hydrogen (secondary N) is 1. The number of amides is 2. The van der Waals surface area contributed by atoms with Crippen molar-refractivity contribution in [2.75, 3.05) is 16.8 Å². The lowest BCUT2D eigenvalue weighted by molar-refractivity contribution is -0.122. The molecule has 2 aromatic rings. The van der Waals surface area contributed by atoms with Gasteiger partial charge in [0.25, 0.3) is 0 Å². The molecule has 0 aliphatic carbocycles. The van der Waals surface area contributed by atoms with Crippen molar-refractivity contribution in [3.63, 3.8) is 0 Å². The van der Waals surface area contributed by atoms with Crippen molar-refractivity contribution in [1.29, 1.82) is 0 Å². The van der Waals surface area contributed by atoms with Gasteiger partial charge in [0.15, 0.2) is 0 Å². The molecule has 6 heteroatoms. The molecule has 2 heterocycles. The van der Waals surface area contributed by atoms with Gasteiger partial charge in [-0.1, -0.05) is 32.9 Å². The van der Waals surface area contributed by atoms with E-state index in [-0.39, 0.29) is 24.2 Å². The summed E-state index contributed by atoms with van der Waals surface area (Å²) < 4.78 is 1.79. The Morgan fingerprint density at radius 1 is 1.27 bits per heavy atom. The third-order valence-corrected chi connectivity index (χ3v) is 4.66. The second-order valence-electron chi connectivity index (χ2n) is 7.21. The van der Waals surface area contributed by atoms with E-state index in [2.05, 4.69) is 31.2 Å². The van der Waals surface area contributed by atoms with Crippen molar-refractivity contribution in [1.82, 2.24) is 9.78 Å². The van der Waals surface area contributed by atoms with Gasteiger partial charge in [-0.25, -0.2) is 4.68 Å². The molecule has 0 spiro atoms. The maximum Gasteiger partial charge on any atom is 0.230 e. The number of benzene rings is 1. The van der Waals surface area contributed by atoms with E-state index in [1.165, 1.54) is 5.56 Å². The molecule has 3 rings (SSSR count). The topological polar surface area (TPSA) is 67.2 Å². The molecular weight excluding hydrogens is 328 g/mol. The van der Waals surface area contributed by atoms with E-state index in [1.54, 1.807) is 21.8 Å². The Morgan fingerprint density at radius 2 is 2.00 bits per heavy atom. The molecule has 1 fully saturated rings. The summed E-state index contributed by atoms with van der Waals surface area (Å²) in [5, 5.41) is 7.19. The lowest BCUT2D eigenvalue weighted by Gasteiger charge is -2.17. The van der Waals surface area contributed by atoms with Crippen LogP contribution in [0.1, 0.15) is 32.8 Å². The fraction of sp³-hybridized carbons (Fsp3) is 0.450. The van der Waals surface area contributed by atoms with Gasteiger partial charge >= 0.3 is 0 Å². The molecule has 26 heavy (non-hydrogen) atoms. The Morgan fingerprint density at radius 3 is 2.65 bits per heavy atom. The minimum absolute atomic E-state index is 0.00918. The molecule has 1 unspecified atom stereocenters. The molecule has 0 saturated carbocycles. The molecule has 1 aliphatic rings. The first-order valence-electron chi connectivity index (χ1n) is 9.20. The third-order valence-electron chi connectivity index (χ3n) is 4.66. The number of aromatic nitrogens is 2. The van der Waals surface area contributed by atoms with Crippen molar-refractivity contribution < 1.29 is 9.59 Å². The van der Waals surface area contributed by atoms with Crippen LogP contribution in [0.5, 0.6) is 0 Å². The van der Waals surface area contributed by atoms with Gasteiger partial charge in [-0.3, -0.25) is 9.59 Å². The van der Waals surface area contributed by atoms with E-state index in [1.807, 2.05) is 24.3 Å². The number of carbonyl (C=O) groups excluding carboxylic acids is 2. The monoisotopic (exact) mass is 354 g/mol. The first-order chi connectivity index (χ1) is 12.5. The second-order valence-corrected chi connectivity index (χ2v) is 7.21. The summed E-state index contributed by atoms with van der Waals surface area (Å²) >= 11 is 0. The Bertz CT molecular complexity index is 779. The van der Waals surface area contributed by atoms with Crippen LogP contribution in [-0.4, -0.2) is 28.1 Å². The van der Waals surface area contributed by atoms with E-state index < -0.39 is 0 Å². The maximum absolute atomic E-state index is 12.6. The van der Waals surface area contributed by atoms with Crippen LogP contribution in [0.4, 0.5) is 11.5 Å². The number of hydrogen-bond donors (Lipinski definition) is 1. The van der Waals surface area contributed by atoms with Crippen molar-refractivity contribution in [2.45, 2.75) is 40.2 Å². The molecule has 138 valence electrons. The van der Waals surface area contributed by atoms with E-state index in [4.69, 9.17) is 0 Å². The highest BCUT2D eigenvalue weighted by Crippen LogP contribution is 2.26. The summed E-state index contributed by atoms with van der Waals surface area (Å²) in [6, 6.07) is 9.75. The lowest BCUT2D eigenvalue weighted by Crippen LogP contribution is -2.28. The maximum atomic E-state index is 12.6. The molecular formula is C20H26N4O2. The van der Waals surface area contributed by atoms with Gasteiger partial charge in [-0.15, -0.1) is 0 Å². The molecule has 1 atom stereocenters. The molecule has 1 saturated heterocycles. The number of carbonyl (C=O) groups is 2. The van der Waals surface area contributed by atoms with Crippen molar-refractivity contribution in [2.24, 2.45) is 11.8 Å². The van der Waals surface area contributed by atoms with Gasteiger partial charge in [0.1, 0.15) is 5.82 Å². The van der Waals surface area contributed by atoms with Crippen LogP contribution in [0.2, 0.25) is 0 Å². The summed E-state index contributed by atoms with van der Waals surface area (Å²) in [6.07, 6.45) is 2.88. The summed E-state index contributed by atoms with van der Waals surface area (Å²) in [7, 11) is 0. The zero-order valence-electron chi connectivity index (χ0n) is 15.6. The predicted molar refractivity (Wildman–Crippen MR) is 102 cm³/mol. The van der Waals surface area contributed by atoms with E-state index >= 15 is 0 Å². The fourth-order valence-corrected chi connectivity index (χ4v) is 3.20. The minimum Gasteiger partial charge on any atom is -0.312 e. The molecule has 1 N–H and O–H groups in total. The third kappa shape index (κ3) is 3.95. The van der Waals surface area contributed by atoms with Crippen LogP contribution in [0, 0.1) is 11.8 Å². The SMILES string of the molecule is CCc1ccc(N2CC(C(=O)Nc3ccnn3CC(C)C)CC2=O)cc1. The molecule has 1 aromatic heterocycles. The zero-order valence-corrected chi connectivity index (χ0v) is 15.6. The lowest BCUT2D eigenvalue weighted by atomic mass is 10.1. The summed E-state index contributed by atoms with van der Waals surface area (Å²) in [5.74, 6) is 0.625. The van der Waals surface area contributed by atoms with Gasteiger partial charge < -0.3 is 10.2 Å². The average molecular weight is 354 g/mol. The Labute approximate surface area is 154 Å². The van der Waals surface area contributed by atoms with Gasteiger partial charge in [0.05, 0.1) is 12.1 Å². The van der Waals surface area contributed by atoms with Crippen molar-refractivity contribution in [3.8, 4) is 0 Å². The molecule has 6 nitrogen and oxygen atoms in total. The predicted octanol–water partition coefficient (Wildman–Crippen LogP) is 3.09. The van der Waals surface area contributed by atoms with Gasteiger partial charge in [-0.2, -0.15) is 5.10 Å². The van der Waals surface area contributed by atoms with Crippen LogP contribution >= 0.6 is 0 Å². The van der Waals surface area contributed by atoms with Crippen molar-refractivity contribution >= 4 is 23.3 Å². The summed E-state index contributed by atoms with van der Waals surface area (Å²) in [5.41, 5.74) is 2.08. The average Bonchev–Trinajstić information content (AvgIpc) is 3.21. The smallest absolute Gasteiger partial charge is 0.230 e. The van der Waals surface area contributed by atoms with Gasteiger partial charge in [-0.05, 0) is 30.0 Å². The van der Waals surface area contributed by atoms with Crippen LogP contribution in [0.3, 0.4) is 0 Å². The Hall–Kier alpha value is -2.63. The summed E-state index contributed by atoms with van der Waals surface area (Å²) in [4.78, 5) is 26.7. The highest BCUT2D eigenvalue weighted by atomic mass is 16.2. The highest BCUT2D eigenvalue weighted by Gasteiger charge is 2.35. The largest absolute Gasteiger partial charge is 0.312 e. The molecule has 0 radical (unpaired) electrons. The van der Waals surface area contributed by atoms with Gasteiger partial charge in [0, 0.05) is 31.3 Å². The number of rotatable bonds is 6. The van der Waals surface area contributed by atoms with Crippen LogP contribution in [0.15, 0.2) is 36.5 Å². The molecule has 1 aliphatic heterocycles. The number of aryl methyl sites for hydroxylation is 1. The van der Waals surface area contributed by atoms with E-state index in [0.29, 0.717) is 18.3 Å². The molecule has 1 aromatic carbocycles. The minimum atomic E-state index is -0.351. The standard InChI is InChI=1S/C20H26N4O2/c1-4-15-5-7-17(8-6-15)23-13-16(11-19(23)25)20(26)22-18-9-10-21-24(18)12-14(2)3/h5-10,14,16H,4,11-13H2,1-3H3,(H,22,26). The number of nitrogens with zero attached hydrogens (tertiary/aromatic N) is 3. The Kier molecular flexibility index (Phi) is 5.40. The number of anilines is 2. The molecule has 0 bridgehead atoms. The fourth-order valence-electron chi connectivity index (χ4n) is 3.20.